The lowest BCUT2D eigenvalue weighted by molar-refractivity contribution is 0.0625. The lowest BCUT2D eigenvalue weighted by Gasteiger charge is -2.32. The standard InChI is InChI=1S/C23H26F3N5O/c1-22-11-18-14(10-19(22)23(22,25)26)20(29-28-18)17-8-12-7-15(24)13(9-16(12)27-17)21(32)31-5-3-30(2)4-6-31/h7-9,19-20,27-29H,3-6,10-11H2,1-2H3. The molecule has 32 heavy (non-hydrogen) atoms. The van der Waals surface area contributed by atoms with Crippen LogP contribution in [0.15, 0.2) is 29.5 Å². The Balaban J connectivity index is 1.29. The number of aromatic nitrogens is 1. The molecule has 1 aromatic carbocycles. The summed E-state index contributed by atoms with van der Waals surface area (Å²) >= 11 is 0. The van der Waals surface area contributed by atoms with Crippen LogP contribution in [0.25, 0.3) is 10.9 Å². The number of amides is 1. The molecule has 6 nitrogen and oxygen atoms in total. The van der Waals surface area contributed by atoms with E-state index in [0.29, 0.717) is 36.8 Å². The predicted molar refractivity (Wildman–Crippen MR) is 113 cm³/mol. The van der Waals surface area contributed by atoms with Crippen molar-refractivity contribution in [3.63, 3.8) is 0 Å². The van der Waals surface area contributed by atoms with Gasteiger partial charge < -0.3 is 20.2 Å². The molecule has 0 radical (unpaired) electrons. The van der Waals surface area contributed by atoms with Crippen molar-refractivity contribution in [1.29, 1.82) is 0 Å². The number of piperazine rings is 1. The van der Waals surface area contributed by atoms with Crippen molar-refractivity contribution in [2.75, 3.05) is 33.2 Å². The molecule has 170 valence electrons. The van der Waals surface area contributed by atoms with Crippen molar-refractivity contribution in [2.24, 2.45) is 11.3 Å². The minimum atomic E-state index is -2.63. The van der Waals surface area contributed by atoms with E-state index < -0.39 is 23.1 Å². The summed E-state index contributed by atoms with van der Waals surface area (Å²) in [5.74, 6) is -4.11. The molecule has 0 spiro atoms. The van der Waals surface area contributed by atoms with Crippen LogP contribution >= 0.6 is 0 Å². The van der Waals surface area contributed by atoms with Gasteiger partial charge >= 0.3 is 0 Å². The maximum atomic E-state index is 14.8. The van der Waals surface area contributed by atoms with E-state index in [9.17, 15) is 18.0 Å². The maximum absolute atomic E-state index is 14.8. The van der Waals surface area contributed by atoms with Crippen LogP contribution < -0.4 is 10.9 Å². The number of benzene rings is 1. The molecule has 4 aliphatic rings. The van der Waals surface area contributed by atoms with Gasteiger partial charge in [0.15, 0.2) is 0 Å². The van der Waals surface area contributed by atoms with Crippen LogP contribution in [-0.4, -0.2) is 59.8 Å². The third kappa shape index (κ3) is 2.70. The summed E-state index contributed by atoms with van der Waals surface area (Å²) < 4.78 is 43.4. The summed E-state index contributed by atoms with van der Waals surface area (Å²) in [6.07, 6.45) is 0.655. The fourth-order valence-electron chi connectivity index (χ4n) is 5.70. The Morgan fingerprint density at radius 3 is 2.66 bits per heavy atom. The Morgan fingerprint density at radius 1 is 1.16 bits per heavy atom. The zero-order chi connectivity index (χ0) is 22.4. The van der Waals surface area contributed by atoms with Crippen LogP contribution in [-0.2, 0) is 0 Å². The van der Waals surface area contributed by atoms with Gasteiger partial charge in [0.05, 0.1) is 11.6 Å². The molecule has 0 bridgehead atoms. The van der Waals surface area contributed by atoms with Crippen LogP contribution in [0.4, 0.5) is 13.2 Å². The second-order valence-corrected chi connectivity index (χ2v) is 9.92. The number of allylic oxidation sites excluding steroid dienone is 1. The van der Waals surface area contributed by atoms with Gasteiger partial charge in [0, 0.05) is 66.2 Å². The van der Waals surface area contributed by atoms with E-state index in [4.69, 9.17) is 0 Å². The molecule has 2 aliphatic carbocycles. The van der Waals surface area contributed by atoms with Gasteiger partial charge in [-0.05, 0) is 37.2 Å². The van der Waals surface area contributed by atoms with E-state index in [1.54, 1.807) is 17.9 Å². The number of H-pyrrole nitrogens is 1. The molecular weight excluding hydrogens is 419 g/mol. The van der Waals surface area contributed by atoms with Crippen molar-refractivity contribution in [1.82, 2.24) is 25.6 Å². The Bertz CT molecular complexity index is 1170. The second kappa shape index (κ2) is 6.51. The first-order valence-corrected chi connectivity index (χ1v) is 11.1. The SMILES string of the molecule is CN1CCN(C(=O)c2cc3[nH]c(C4NNC5=C4CC4C(F)(F)C4(C)C5)cc3cc2F)CC1. The number of halogens is 3. The van der Waals surface area contributed by atoms with E-state index in [2.05, 4.69) is 20.7 Å². The third-order valence-corrected chi connectivity index (χ3v) is 8.02. The van der Waals surface area contributed by atoms with Crippen LogP contribution in [0, 0.1) is 17.2 Å². The highest BCUT2D eigenvalue weighted by atomic mass is 19.3. The minimum Gasteiger partial charge on any atom is -0.357 e. The first kappa shape index (κ1) is 20.1. The summed E-state index contributed by atoms with van der Waals surface area (Å²) in [5, 5.41) is 0.653. The summed E-state index contributed by atoms with van der Waals surface area (Å²) in [5.41, 5.74) is 8.59. The summed E-state index contributed by atoms with van der Waals surface area (Å²) in [7, 11) is 2.00. The highest BCUT2D eigenvalue weighted by molar-refractivity contribution is 5.98. The van der Waals surface area contributed by atoms with Gasteiger partial charge in [0.2, 0.25) is 0 Å². The molecule has 3 unspecified atom stereocenters. The van der Waals surface area contributed by atoms with Gasteiger partial charge in [-0.15, -0.1) is 0 Å². The van der Waals surface area contributed by atoms with Gasteiger partial charge in [0.1, 0.15) is 5.82 Å². The molecule has 1 aromatic heterocycles. The van der Waals surface area contributed by atoms with Crippen LogP contribution in [0.3, 0.4) is 0 Å². The monoisotopic (exact) mass is 445 g/mol. The lowest BCUT2D eigenvalue weighted by atomic mass is 9.85. The van der Waals surface area contributed by atoms with Crippen molar-refractivity contribution < 1.29 is 18.0 Å². The van der Waals surface area contributed by atoms with Crippen molar-refractivity contribution in [2.45, 2.75) is 31.7 Å². The average Bonchev–Trinajstić information content (AvgIpc) is 3.14. The molecule has 3 atom stereocenters. The normalized spacial score (nSPS) is 31.5. The first-order chi connectivity index (χ1) is 15.2. The van der Waals surface area contributed by atoms with Crippen molar-refractivity contribution >= 4 is 16.8 Å². The molecule has 9 heteroatoms. The molecule has 1 saturated carbocycles. The van der Waals surface area contributed by atoms with E-state index >= 15 is 0 Å². The van der Waals surface area contributed by atoms with E-state index in [-0.39, 0.29) is 17.5 Å². The van der Waals surface area contributed by atoms with Crippen LogP contribution in [0.1, 0.15) is 41.9 Å². The molecular formula is C23H26F3N5O. The number of hydrogen-bond donors (Lipinski definition) is 3. The molecule has 2 aliphatic heterocycles. The van der Waals surface area contributed by atoms with E-state index in [1.807, 2.05) is 13.1 Å². The summed E-state index contributed by atoms with van der Waals surface area (Å²) in [6.45, 7) is 4.32. The number of likely N-dealkylation sites (N-methyl/N-ethyl adjacent to an activating group) is 1. The molecule has 1 saturated heterocycles. The van der Waals surface area contributed by atoms with Crippen LogP contribution in [0.2, 0.25) is 0 Å². The Labute approximate surface area is 183 Å². The topological polar surface area (TPSA) is 63.4 Å². The average molecular weight is 445 g/mol. The zero-order valence-electron chi connectivity index (χ0n) is 18.1. The Morgan fingerprint density at radius 2 is 1.91 bits per heavy atom. The molecule has 6 rings (SSSR count). The lowest BCUT2D eigenvalue weighted by Crippen LogP contribution is -2.47. The van der Waals surface area contributed by atoms with Gasteiger partial charge in [-0.25, -0.2) is 18.6 Å². The maximum Gasteiger partial charge on any atom is 0.258 e. The summed E-state index contributed by atoms with van der Waals surface area (Å²) in [4.78, 5) is 20.0. The fraction of sp³-hybridized carbons (Fsp3) is 0.522. The number of hydrogen-bond acceptors (Lipinski definition) is 4. The quantitative estimate of drug-likeness (QED) is 0.665. The molecule has 2 aromatic rings. The molecule has 2 fully saturated rings. The number of aromatic amines is 1. The Kier molecular flexibility index (Phi) is 4.09. The molecule has 1 amide bonds. The zero-order valence-corrected chi connectivity index (χ0v) is 18.1. The van der Waals surface area contributed by atoms with Crippen molar-refractivity contribution in [3.05, 3.63) is 46.5 Å². The minimum absolute atomic E-state index is 0.0546. The Hall–Kier alpha value is -2.52. The number of carbonyl (C=O) groups excluding carboxylic acids is 1. The fourth-order valence-corrected chi connectivity index (χ4v) is 5.70. The van der Waals surface area contributed by atoms with Gasteiger partial charge in [0.25, 0.3) is 11.8 Å². The van der Waals surface area contributed by atoms with Gasteiger partial charge in [-0.3, -0.25) is 4.79 Å². The molecule has 3 heterocycles. The van der Waals surface area contributed by atoms with Crippen LogP contribution in [0.5, 0.6) is 0 Å². The number of hydrazine groups is 1. The number of fused-ring (bicyclic) bond motifs is 2. The second-order valence-electron chi connectivity index (χ2n) is 9.92. The van der Waals surface area contributed by atoms with Gasteiger partial charge in [-0.2, -0.15) is 0 Å². The van der Waals surface area contributed by atoms with Crippen molar-refractivity contribution in [3.8, 4) is 0 Å². The number of alkyl halides is 2. The number of carbonyl (C=O) groups is 1. The number of rotatable bonds is 2. The largest absolute Gasteiger partial charge is 0.357 e. The van der Waals surface area contributed by atoms with E-state index in [1.165, 1.54) is 6.07 Å². The molecule has 3 N–H and O–H groups in total. The predicted octanol–water partition coefficient (Wildman–Crippen LogP) is 3.16. The van der Waals surface area contributed by atoms with Gasteiger partial charge in [-0.1, -0.05) is 6.92 Å². The highest BCUT2D eigenvalue weighted by Crippen LogP contribution is 2.73. The highest BCUT2D eigenvalue weighted by Gasteiger charge is 2.78. The van der Waals surface area contributed by atoms with E-state index in [0.717, 1.165) is 30.1 Å². The third-order valence-electron chi connectivity index (χ3n) is 8.02. The number of nitrogens with zero attached hydrogens (tertiary/aromatic N) is 2. The summed E-state index contributed by atoms with van der Waals surface area (Å²) in [6, 6.07) is 4.50. The number of nitrogens with one attached hydrogen (secondary N) is 3. The first-order valence-electron chi connectivity index (χ1n) is 11.1. The smallest absolute Gasteiger partial charge is 0.258 e.